The lowest BCUT2D eigenvalue weighted by Gasteiger charge is -2.26. The molecule has 0 aliphatic heterocycles. The Hall–Kier alpha value is -1.51. The molecule has 3 nitrogen and oxygen atoms in total. The van der Waals surface area contributed by atoms with Gasteiger partial charge in [0.05, 0.1) is 5.56 Å². The first kappa shape index (κ1) is 15.5. The van der Waals surface area contributed by atoms with E-state index in [4.69, 9.17) is 5.11 Å². The fourth-order valence-corrected chi connectivity index (χ4v) is 2.19. The Morgan fingerprint density at radius 3 is 2.16 bits per heavy atom. The maximum Gasteiger partial charge on any atom is 0.335 e. The molecule has 0 fully saturated rings. The van der Waals surface area contributed by atoms with E-state index in [-0.39, 0.29) is 0 Å². The molecule has 0 radical (unpaired) electrons. The third-order valence-corrected chi connectivity index (χ3v) is 3.35. The summed E-state index contributed by atoms with van der Waals surface area (Å²) in [7, 11) is 0. The van der Waals surface area contributed by atoms with Crippen LogP contribution in [0.3, 0.4) is 0 Å². The SMILES string of the molecule is CCCCN(CCCC)c1ccc(C(=O)O)cc1C. The van der Waals surface area contributed by atoms with Crippen LogP contribution >= 0.6 is 0 Å². The Morgan fingerprint density at radius 1 is 1.16 bits per heavy atom. The van der Waals surface area contributed by atoms with Crippen LogP contribution in [-0.4, -0.2) is 24.2 Å². The number of carboxylic acids is 1. The van der Waals surface area contributed by atoms with E-state index in [0.29, 0.717) is 5.56 Å². The van der Waals surface area contributed by atoms with Crippen molar-refractivity contribution in [3.8, 4) is 0 Å². The van der Waals surface area contributed by atoms with Gasteiger partial charge in [0, 0.05) is 18.8 Å². The van der Waals surface area contributed by atoms with E-state index >= 15 is 0 Å². The molecule has 1 aromatic rings. The Bertz CT molecular complexity index is 407. The molecule has 0 aliphatic rings. The summed E-state index contributed by atoms with van der Waals surface area (Å²) < 4.78 is 0. The highest BCUT2D eigenvalue weighted by atomic mass is 16.4. The van der Waals surface area contributed by atoms with E-state index in [0.717, 1.165) is 18.7 Å². The molecule has 0 spiro atoms. The summed E-state index contributed by atoms with van der Waals surface area (Å²) in [6.07, 6.45) is 4.69. The van der Waals surface area contributed by atoms with Crippen molar-refractivity contribution in [2.24, 2.45) is 0 Å². The Labute approximate surface area is 116 Å². The topological polar surface area (TPSA) is 40.5 Å². The number of hydrogen-bond acceptors (Lipinski definition) is 2. The van der Waals surface area contributed by atoms with Crippen LogP contribution in [-0.2, 0) is 0 Å². The fraction of sp³-hybridized carbons (Fsp3) is 0.562. The van der Waals surface area contributed by atoms with Crippen LogP contribution in [0.2, 0.25) is 0 Å². The molecule has 1 N–H and O–H groups in total. The summed E-state index contributed by atoms with van der Waals surface area (Å²) >= 11 is 0. The smallest absolute Gasteiger partial charge is 0.335 e. The van der Waals surface area contributed by atoms with Crippen LogP contribution in [0.4, 0.5) is 5.69 Å². The van der Waals surface area contributed by atoms with Crippen molar-refractivity contribution in [1.82, 2.24) is 0 Å². The maximum absolute atomic E-state index is 11.0. The van der Waals surface area contributed by atoms with Crippen LogP contribution in [0.15, 0.2) is 18.2 Å². The Kier molecular flexibility index (Phi) is 6.40. The number of carboxylic acid groups (broad SMARTS) is 1. The standard InChI is InChI=1S/C16H25NO2/c1-4-6-10-17(11-7-5-2)15-9-8-14(16(18)19)12-13(15)3/h8-9,12H,4-7,10-11H2,1-3H3,(H,18,19). The second-order valence-corrected chi connectivity index (χ2v) is 5.00. The third-order valence-electron chi connectivity index (χ3n) is 3.35. The van der Waals surface area contributed by atoms with E-state index in [1.54, 1.807) is 12.1 Å². The van der Waals surface area contributed by atoms with Crippen LogP contribution in [0.5, 0.6) is 0 Å². The number of aryl methyl sites for hydroxylation is 1. The van der Waals surface area contributed by atoms with E-state index in [1.165, 1.54) is 31.4 Å². The van der Waals surface area contributed by atoms with E-state index in [2.05, 4.69) is 18.7 Å². The highest BCUT2D eigenvalue weighted by Crippen LogP contribution is 2.22. The number of anilines is 1. The zero-order valence-electron chi connectivity index (χ0n) is 12.3. The van der Waals surface area contributed by atoms with Crippen molar-refractivity contribution in [1.29, 1.82) is 0 Å². The molecule has 0 aromatic heterocycles. The average Bonchev–Trinajstić information content (AvgIpc) is 2.39. The molecule has 19 heavy (non-hydrogen) atoms. The molecule has 1 rings (SSSR count). The number of rotatable bonds is 8. The molecular formula is C16H25NO2. The fourth-order valence-electron chi connectivity index (χ4n) is 2.19. The van der Waals surface area contributed by atoms with Gasteiger partial charge in [-0.05, 0) is 43.5 Å². The molecule has 1 aromatic carbocycles. The highest BCUT2D eigenvalue weighted by molar-refractivity contribution is 5.88. The summed E-state index contributed by atoms with van der Waals surface area (Å²) in [4.78, 5) is 13.3. The van der Waals surface area contributed by atoms with Gasteiger partial charge in [-0.3, -0.25) is 0 Å². The molecule has 3 heteroatoms. The summed E-state index contributed by atoms with van der Waals surface area (Å²) in [5, 5.41) is 9.01. The van der Waals surface area contributed by atoms with Gasteiger partial charge < -0.3 is 10.0 Å². The Morgan fingerprint density at radius 2 is 1.74 bits per heavy atom. The molecule has 106 valence electrons. The lowest BCUT2D eigenvalue weighted by Crippen LogP contribution is -2.26. The maximum atomic E-state index is 11.0. The van der Waals surface area contributed by atoms with Gasteiger partial charge in [-0.15, -0.1) is 0 Å². The van der Waals surface area contributed by atoms with Crippen molar-refractivity contribution in [3.05, 3.63) is 29.3 Å². The summed E-state index contributed by atoms with van der Waals surface area (Å²) in [5.41, 5.74) is 2.59. The van der Waals surface area contributed by atoms with Gasteiger partial charge >= 0.3 is 5.97 Å². The zero-order valence-corrected chi connectivity index (χ0v) is 12.3. The predicted molar refractivity (Wildman–Crippen MR) is 80.2 cm³/mol. The van der Waals surface area contributed by atoms with E-state index < -0.39 is 5.97 Å². The lowest BCUT2D eigenvalue weighted by molar-refractivity contribution is 0.0697. The van der Waals surface area contributed by atoms with Gasteiger partial charge in [0.2, 0.25) is 0 Å². The minimum absolute atomic E-state index is 0.368. The Balaban J connectivity index is 2.90. The largest absolute Gasteiger partial charge is 0.478 e. The van der Waals surface area contributed by atoms with Crippen molar-refractivity contribution in [3.63, 3.8) is 0 Å². The first-order valence-corrected chi connectivity index (χ1v) is 7.19. The average molecular weight is 263 g/mol. The minimum atomic E-state index is -0.858. The zero-order chi connectivity index (χ0) is 14.3. The van der Waals surface area contributed by atoms with E-state index in [9.17, 15) is 4.79 Å². The normalized spacial score (nSPS) is 10.5. The second kappa shape index (κ2) is 7.82. The van der Waals surface area contributed by atoms with Crippen LogP contribution in [0.1, 0.15) is 55.5 Å². The van der Waals surface area contributed by atoms with Gasteiger partial charge in [-0.25, -0.2) is 4.79 Å². The second-order valence-electron chi connectivity index (χ2n) is 5.00. The summed E-state index contributed by atoms with van der Waals surface area (Å²) in [6.45, 7) is 8.47. The van der Waals surface area contributed by atoms with Crippen LogP contribution < -0.4 is 4.90 Å². The van der Waals surface area contributed by atoms with Gasteiger partial charge in [0.25, 0.3) is 0 Å². The molecule has 0 aliphatic carbocycles. The van der Waals surface area contributed by atoms with Gasteiger partial charge in [-0.1, -0.05) is 26.7 Å². The predicted octanol–water partition coefficient (Wildman–Crippen LogP) is 4.10. The lowest BCUT2D eigenvalue weighted by atomic mass is 10.1. The molecule has 0 saturated carbocycles. The number of nitrogens with zero attached hydrogens (tertiary/aromatic N) is 1. The molecular weight excluding hydrogens is 238 g/mol. The van der Waals surface area contributed by atoms with Gasteiger partial charge in [0.15, 0.2) is 0 Å². The van der Waals surface area contributed by atoms with Crippen molar-refractivity contribution < 1.29 is 9.90 Å². The number of aromatic carboxylic acids is 1. The first-order valence-electron chi connectivity index (χ1n) is 7.19. The molecule has 0 saturated heterocycles. The van der Waals surface area contributed by atoms with Gasteiger partial charge in [-0.2, -0.15) is 0 Å². The van der Waals surface area contributed by atoms with Crippen molar-refractivity contribution >= 4 is 11.7 Å². The molecule has 0 atom stereocenters. The number of carbonyl (C=O) groups is 1. The van der Waals surface area contributed by atoms with Crippen molar-refractivity contribution in [2.45, 2.75) is 46.5 Å². The van der Waals surface area contributed by atoms with E-state index in [1.807, 2.05) is 13.0 Å². The summed E-state index contributed by atoms with van der Waals surface area (Å²) in [6, 6.07) is 5.42. The molecule has 0 bridgehead atoms. The molecule has 0 heterocycles. The number of hydrogen-bond donors (Lipinski definition) is 1. The van der Waals surface area contributed by atoms with Crippen LogP contribution in [0, 0.1) is 6.92 Å². The highest BCUT2D eigenvalue weighted by Gasteiger charge is 2.11. The van der Waals surface area contributed by atoms with Crippen molar-refractivity contribution in [2.75, 3.05) is 18.0 Å². The molecule has 0 amide bonds. The molecule has 0 unspecified atom stereocenters. The third kappa shape index (κ3) is 4.58. The van der Waals surface area contributed by atoms with Crippen LogP contribution in [0.25, 0.3) is 0 Å². The number of benzene rings is 1. The quantitative estimate of drug-likeness (QED) is 0.767. The number of unbranched alkanes of at least 4 members (excludes halogenated alkanes) is 2. The summed E-state index contributed by atoms with van der Waals surface area (Å²) in [5.74, 6) is -0.858. The monoisotopic (exact) mass is 263 g/mol. The first-order chi connectivity index (χ1) is 9.10. The van der Waals surface area contributed by atoms with Gasteiger partial charge in [0.1, 0.15) is 0 Å². The minimum Gasteiger partial charge on any atom is -0.478 e.